The van der Waals surface area contributed by atoms with Gasteiger partial charge in [-0.05, 0) is 50.4 Å². The van der Waals surface area contributed by atoms with Crippen molar-refractivity contribution in [2.45, 2.75) is 32.4 Å². The fourth-order valence-electron chi connectivity index (χ4n) is 2.71. The maximum Gasteiger partial charge on any atom is 0.119 e. The number of nitrogens with zero attached hydrogens (tertiary/aromatic N) is 1. The topological polar surface area (TPSA) is 38.5 Å². The lowest BCUT2D eigenvalue weighted by atomic mass is 10.0. The minimum Gasteiger partial charge on any atom is -0.497 e. The molecule has 3 unspecified atom stereocenters. The molecule has 1 aromatic carbocycles. The fourth-order valence-corrected chi connectivity index (χ4v) is 2.71. The molecule has 1 heterocycles. The number of likely N-dealkylation sites (tertiary alicyclic amines) is 1. The zero-order valence-electron chi connectivity index (χ0n) is 12.0. The van der Waals surface area contributed by atoms with E-state index >= 15 is 0 Å². The molecule has 1 aliphatic heterocycles. The van der Waals surface area contributed by atoms with Gasteiger partial charge in [0.05, 0.1) is 7.11 Å². The molecule has 19 heavy (non-hydrogen) atoms. The number of ether oxygens (including phenoxy) is 1. The Morgan fingerprint density at radius 2 is 2.11 bits per heavy atom. The van der Waals surface area contributed by atoms with Gasteiger partial charge in [-0.3, -0.25) is 4.90 Å². The summed E-state index contributed by atoms with van der Waals surface area (Å²) in [5, 5.41) is 0. The van der Waals surface area contributed by atoms with Crippen molar-refractivity contribution >= 4 is 12.4 Å². The molecule has 3 nitrogen and oxygen atoms in total. The van der Waals surface area contributed by atoms with E-state index in [-0.39, 0.29) is 12.4 Å². The van der Waals surface area contributed by atoms with Crippen LogP contribution in [0, 0.1) is 5.92 Å². The number of hydrogen-bond acceptors (Lipinski definition) is 3. The van der Waals surface area contributed by atoms with E-state index in [0.29, 0.717) is 18.0 Å². The van der Waals surface area contributed by atoms with Crippen LogP contribution < -0.4 is 10.5 Å². The second-order valence-electron chi connectivity index (χ2n) is 5.36. The molecule has 0 saturated carbocycles. The molecule has 2 N–H and O–H groups in total. The highest BCUT2D eigenvalue weighted by molar-refractivity contribution is 5.85. The van der Waals surface area contributed by atoms with Crippen LogP contribution >= 0.6 is 12.4 Å². The molecule has 108 valence electrons. The molecule has 0 aromatic heterocycles. The van der Waals surface area contributed by atoms with Crippen molar-refractivity contribution in [3.63, 3.8) is 0 Å². The van der Waals surface area contributed by atoms with Crippen LogP contribution in [0.5, 0.6) is 5.75 Å². The Labute approximate surface area is 122 Å². The summed E-state index contributed by atoms with van der Waals surface area (Å²) in [6.45, 7) is 6.63. The van der Waals surface area contributed by atoms with E-state index in [1.165, 1.54) is 12.0 Å². The van der Waals surface area contributed by atoms with E-state index in [1.807, 2.05) is 6.07 Å². The Kier molecular flexibility index (Phi) is 6.11. The Hall–Kier alpha value is -0.770. The first-order chi connectivity index (χ1) is 8.61. The smallest absolute Gasteiger partial charge is 0.119 e. The average Bonchev–Trinajstić information content (AvgIpc) is 2.87. The second-order valence-corrected chi connectivity index (χ2v) is 5.36. The van der Waals surface area contributed by atoms with Crippen molar-refractivity contribution in [3.05, 3.63) is 29.8 Å². The van der Waals surface area contributed by atoms with Crippen LogP contribution in [0.15, 0.2) is 24.3 Å². The van der Waals surface area contributed by atoms with E-state index < -0.39 is 0 Å². The Morgan fingerprint density at radius 1 is 1.37 bits per heavy atom. The molecule has 0 aliphatic carbocycles. The van der Waals surface area contributed by atoms with Crippen molar-refractivity contribution < 1.29 is 4.74 Å². The quantitative estimate of drug-likeness (QED) is 0.924. The monoisotopic (exact) mass is 284 g/mol. The molecule has 1 aromatic rings. The predicted molar refractivity (Wildman–Crippen MR) is 82.0 cm³/mol. The van der Waals surface area contributed by atoms with Gasteiger partial charge in [0.1, 0.15) is 5.75 Å². The lowest BCUT2D eigenvalue weighted by Crippen LogP contribution is -2.30. The van der Waals surface area contributed by atoms with Gasteiger partial charge in [-0.15, -0.1) is 12.4 Å². The zero-order valence-corrected chi connectivity index (χ0v) is 12.8. The molecular formula is C15H25ClN2O. The number of halogens is 1. The molecule has 4 heteroatoms. The van der Waals surface area contributed by atoms with Crippen LogP contribution in [0.3, 0.4) is 0 Å². The first kappa shape index (κ1) is 16.3. The van der Waals surface area contributed by atoms with Crippen molar-refractivity contribution in [1.82, 2.24) is 4.90 Å². The van der Waals surface area contributed by atoms with Gasteiger partial charge in [0.15, 0.2) is 0 Å². The van der Waals surface area contributed by atoms with E-state index in [0.717, 1.165) is 18.8 Å². The van der Waals surface area contributed by atoms with Gasteiger partial charge in [0.25, 0.3) is 0 Å². The highest BCUT2D eigenvalue weighted by Crippen LogP contribution is 2.29. The molecule has 1 aliphatic rings. The SMILES string of the molecule is COc1cccc(C(C)N2CCC(C(C)N)C2)c1.Cl. The highest BCUT2D eigenvalue weighted by Gasteiger charge is 2.28. The minimum atomic E-state index is 0. The van der Waals surface area contributed by atoms with Crippen LogP contribution in [-0.4, -0.2) is 31.1 Å². The van der Waals surface area contributed by atoms with Gasteiger partial charge >= 0.3 is 0 Å². The zero-order chi connectivity index (χ0) is 13.1. The fraction of sp³-hybridized carbons (Fsp3) is 0.600. The molecule has 0 bridgehead atoms. The van der Waals surface area contributed by atoms with E-state index in [9.17, 15) is 0 Å². The lowest BCUT2D eigenvalue weighted by molar-refractivity contribution is 0.247. The van der Waals surface area contributed by atoms with E-state index in [2.05, 4.69) is 36.9 Å². The summed E-state index contributed by atoms with van der Waals surface area (Å²) >= 11 is 0. The predicted octanol–water partition coefficient (Wildman–Crippen LogP) is 2.85. The first-order valence-electron chi connectivity index (χ1n) is 6.75. The Morgan fingerprint density at radius 3 is 2.68 bits per heavy atom. The standard InChI is InChI=1S/C15H24N2O.ClH/c1-11(16)14-7-8-17(10-14)12(2)13-5-4-6-15(9-13)18-3;/h4-6,9,11-12,14H,7-8,10,16H2,1-3H3;1H. The minimum absolute atomic E-state index is 0. The number of benzene rings is 1. The second kappa shape index (κ2) is 7.13. The van der Waals surface area contributed by atoms with E-state index in [1.54, 1.807) is 7.11 Å². The first-order valence-corrected chi connectivity index (χ1v) is 6.75. The highest BCUT2D eigenvalue weighted by atomic mass is 35.5. The summed E-state index contributed by atoms with van der Waals surface area (Å²) in [4.78, 5) is 2.52. The van der Waals surface area contributed by atoms with Crippen molar-refractivity contribution in [1.29, 1.82) is 0 Å². The summed E-state index contributed by atoms with van der Waals surface area (Å²) < 4.78 is 5.29. The number of nitrogens with two attached hydrogens (primary N) is 1. The third-order valence-corrected chi connectivity index (χ3v) is 4.12. The van der Waals surface area contributed by atoms with Gasteiger partial charge in [-0.1, -0.05) is 12.1 Å². The lowest BCUT2D eigenvalue weighted by Gasteiger charge is -2.25. The van der Waals surface area contributed by atoms with Crippen LogP contribution in [0.2, 0.25) is 0 Å². The maximum absolute atomic E-state index is 6.00. The summed E-state index contributed by atoms with van der Waals surface area (Å²) in [5.41, 5.74) is 7.32. The molecular weight excluding hydrogens is 260 g/mol. The Balaban J connectivity index is 0.00000180. The summed E-state index contributed by atoms with van der Waals surface area (Å²) in [6.07, 6.45) is 1.21. The van der Waals surface area contributed by atoms with Crippen molar-refractivity contribution in [2.75, 3.05) is 20.2 Å². The van der Waals surface area contributed by atoms with Gasteiger partial charge in [-0.2, -0.15) is 0 Å². The molecule has 3 atom stereocenters. The van der Waals surface area contributed by atoms with Crippen LogP contribution in [0.1, 0.15) is 31.9 Å². The summed E-state index contributed by atoms with van der Waals surface area (Å²) in [5.74, 6) is 1.57. The van der Waals surface area contributed by atoms with Crippen LogP contribution in [0.25, 0.3) is 0 Å². The molecule has 2 rings (SSSR count). The molecule has 0 amide bonds. The van der Waals surface area contributed by atoms with Crippen molar-refractivity contribution in [3.8, 4) is 5.75 Å². The summed E-state index contributed by atoms with van der Waals surface area (Å²) in [7, 11) is 1.71. The number of rotatable bonds is 4. The van der Waals surface area contributed by atoms with Gasteiger partial charge in [-0.25, -0.2) is 0 Å². The third-order valence-electron chi connectivity index (χ3n) is 4.12. The molecule has 0 radical (unpaired) electrons. The summed E-state index contributed by atoms with van der Waals surface area (Å²) in [6, 6.07) is 9.08. The molecule has 0 spiro atoms. The largest absolute Gasteiger partial charge is 0.497 e. The van der Waals surface area contributed by atoms with E-state index in [4.69, 9.17) is 10.5 Å². The number of hydrogen-bond donors (Lipinski definition) is 1. The number of methoxy groups -OCH3 is 1. The molecule has 1 saturated heterocycles. The molecule has 1 fully saturated rings. The van der Waals surface area contributed by atoms with Crippen LogP contribution in [-0.2, 0) is 0 Å². The van der Waals surface area contributed by atoms with Gasteiger partial charge in [0.2, 0.25) is 0 Å². The van der Waals surface area contributed by atoms with Gasteiger partial charge in [0, 0.05) is 18.6 Å². The third kappa shape index (κ3) is 3.85. The maximum atomic E-state index is 6.00. The van der Waals surface area contributed by atoms with Crippen molar-refractivity contribution in [2.24, 2.45) is 11.7 Å². The normalized spacial score (nSPS) is 22.6. The van der Waals surface area contributed by atoms with Crippen LogP contribution in [0.4, 0.5) is 0 Å². The Bertz CT molecular complexity index is 397. The van der Waals surface area contributed by atoms with Gasteiger partial charge < -0.3 is 10.5 Å². The average molecular weight is 285 g/mol.